The molecule has 1 amide bonds. The first-order valence-corrected chi connectivity index (χ1v) is 10.2. The number of rotatable bonds is 8. The highest BCUT2D eigenvalue weighted by atomic mass is 32.2. The highest BCUT2D eigenvalue weighted by Gasteiger charge is 2.32. The third-order valence-corrected chi connectivity index (χ3v) is 5.37. The number of nitrogens with zero attached hydrogens (tertiary/aromatic N) is 2. The van der Waals surface area contributed by atoms with Gasteiger partial charge in [0.05, 0.1) is 16.9 Å². The summed E-state index contributed by atoms with van der Waals surface area (Å²) in [5, 5.41) is 13.9. The number of carbonyl (C=O) groups excluding carboxylic acids is 1. The third kappa shape index (κ3) is 5.42. The molecule has 0 aromatic heterocycles. The van der Waals surface area contributed by atoms with Gasteiger partial charge >= 0.3 is 0 Å². The summed E-state index contributed by atoms with van der Waals surface area (Å²) in [5.41, 5.74) is -0.166. The van der Waals surface area contributed by atoms with Gasteiger partial charge in [-0.25, -0.2) is 8.42 Å². The van der Waals surface area contributed by atoms with Crippen molar-refractivity contribution < 1.29 is 18.1 Å². The number of hydrogen-bond acceptors (Lipinski definition) is 5. The number of nitro benzene ring substituents is 1. The molecule has 0 bridgehead atoms. The van der Waals surface area contributed by atoms with Crippen molar-refractivity contribution in [3.63, 3.8) is 0 Å². The first kappa shape index (κ1) is 21.9. The molecule has 1 rings (SSSR count). The molecule has 8 nitrogen and oxygen atoms in total. The second-order valence-corrected chi connectivity index (χ2v) is 8.89. The molecular weight excluding hydrogens is 358 g/mol. The van der Waals surface area contributed by atoms with E-state index in [1.54, 1.807) is 0 Å². The number of carbonyl (C=O) groups is 1. The van der Waals surface area contributed by atoms with E-state index in [4.69, 9.17) is 0 Å². The quantitative estimate of drug-likeness (QED) is 0.546. The molecule has 0 aliphatic heterocycles. The molecule has 0 fully saturated rings. The molecule has 0 spiro atoms. The summed E-state index contributed by atoms with van der Waals surface area (Å²) in [5.74, 6) is -0.0966. The molecule has 0 saturated carbocycles. The Hall–Kier alpha value is -2.16. The van der Waals surface area contributed by atoms with Crippen LogP contribution in [0.4, 0.5) is 11.4 Å². The van der Waals surface area contributed by atoms with E-state index in [9.17, 15) is 23.3 Å². The van der Waals surface area contributed by atoms with Gasteiger partial charge in [0, 0.05) is 18.2 Å². The topological polar surface area (TPSA) is 110 Å². The van der Waals surface area contributed by atoms with Gasteiger partial charge in [0.15, 0.2) is 0 Å². The van der Waals surface area contributed by atoms with E-state index < -0.39 is 26.9 Å². The molecular formula is C17H27N3O5S. The highest BCUT2D eigenvalue weighted by molar-refractivity contribution is 7.92. The smallest absolute Gasteiger partial charge is 0.271 e. The van der Waals surface area contributed by atoms with Crippen molar-refractivity contribution >= 4 is 27.3 Å². The number of benzene rings is 1. The molecule has 0 radical (unpaired) electrons. The van der Waals surface area contributed by atoms with E-state index in [1.165, 1.54) is 25.1 Å². The van der Waals surface area contributed by atoms with Crippen LogP contribution in [0.15, 0.2) is 24.3 Å². The molecule has 1 N–H and O–H groups in total. The van der Waals surface area contributed by atoms with Crippen molar-refractivity contribution in [1.29, 1.82) is 0 Å². The van der Waals surface area contributed by atoms with E-state index in [2.05, 4.69) is 5.32 Å². The van der Waals surface area contributed by atoms with Gasteiger partial charge in [0.1, 0.15) is 6.04 Å². The summed E-state index contributed by atoms with van der Waals surface area (Å²) in [6.07, 6.45) is 0.970. The second-order valence-electron chi connectivity index (χ2n) is 7.03. The number of nitrogens with one attached hydrogen (secondary N) is 1. The lowest BCUT2D eigenvalue weighted by atomic mass is 9.93. The normalized spacial score (nSPS) is 13.1. The molecule has 9 heteroatoms. The van der Waals surface area contributed by atoms with Gasteiger partial charge in [-0.2, -0.15) is 0 Å². The average molecular weight is 385 g/mol. The van der Waals surface area contributed by atoms with Crippen molar-refractivity contribution in [3.05, 3.63) is 34.4 Å². The number of hydrogen-bond donors (Lipinski definition) is 1. The summed E-state index contributed by atoms with van der Waals surface area (Å²) in [7, 11) is -3.83. The average Bonchev–Trinajstić information content (AvgIpc) is 2.50. The zero-order valence-corrected chi connectivity index (χ0v) is 16.8. The van der Waals surface area contributed by atoms with Crippen molar-refractivity contribution in [3.8, 4) is 0 Å². The number of non-ortho nitro benzene ring substituents is 1. The molecule has 26 heavy (non-hydrogen) atoms. The SMILES string of the molecule is CC(C)C(NC(=O)[C@@H](C)N(c1cccc([N+](=O)[O-])c1)S(C)(=O)=O)C(C)C. The Morgan fingerprint density at radius 3 is 2.12 bits per heavy atom. The van der Waals surface area contributed by atoms with Crippen molar-refractivity contribution in [2.75, 3.05) is 10.6 Å². The van der Waals surface area contributed by atoms with Crippen LogP contribution < -0.4 is 9.62 Å². The van der Waals surface area contributed by atoms with E-state index in [0.29, 0.717) is 0 Å². The monoisotopic (exact) mass is 385 g/mol. The van der Waals surface area contributed by atoms with E-state index in [0.717, 1.165) is 16.6 Å². The van der Waals surface area contributed by atoms with Gasteiger partial charge in [0.2, 0.25) is 15.9 Å². The lowest BCUT2D eigenvalue weighted by molar-refractivity contribution is -0.384. The first-order valence-electron chi connectivity index (χ1n) is 8.40. The van der Waals surface area contributed by atoms with E-state index >= 15 is 0 Å². The van der Waals surface area contributed by atoms with Crippen LogP contribution in [0.5, 0.6) is 0 Å². The van der Waals surface area contributed by atoms with Crippen LogP contribution in [0.2, 0.25) is 0 Å². The van der Waals surface area contributed by atoms with Gasteiger partial charge in [-0.1, -0.05) is 33.8 Å². The predicted octanol–water partition coefficient (Wildman–Crippen LogP) is 2.55. The molecule has 1 atom stereocenters. The maximum absolute atomic E-state index is 12.7. The third-order valence-electron chi connectivity index (χ3n) is 4.13. The maximum Gasteiger partial charge on any atom is 0.271 e. The maximum atomic E-state index is 12.7. The number of nitro groups is 1. The Bertz CT molecular complexity index is 753. The van der Waals surface area contributed by atoms with Gasteiger partial charge in [0.25, 0.3) is 5.69 Å². The van der Waals surface area contributed by atoms with Crippen LogP contribution in [0.25, 0.3) is 0 Å². The fourth-order valence-electron chi connectivity index (χ4n) is 2.94. The van der Waals surface area contributed by atoms with Gasteiger partial charge < -0.3 is 5.32 Å². The Kier molecular flexibility index (Phi) is 7.14. The minimum Gasteiger partial charge on any atom is -0.351 e. The first-order chi connectivity index (χ1) is 11.9. The fraction of sp³-hybridized carbons (Fsp3) is 0.588. The molecule has 0 heterocycles. The lowest BCUT2D eigenvalue weighted by Gasteiger charge is -2.32. The van der Waals surface area contributed by atoms with Crippen molar-refractivity contribution in [2.24, 2.45) is 11.8 Å². The highest BCUT2D eigenvalue weighted by Crippen LogP contribution is 2.25. The zero-order valence-electron chi connectivity index (χ0n) is 16.0. The van der Waals surface area contributed by atoms with Gasteiger partial charge in [-0.3, -0.25) is 19.2 Å². The molecule has 0 aliphatic carbocycles. The van der Waals surface area contributed by atoms with Crippen LogP contribution in [0.1, 0.15) is 34.6 Å². The molecule has 0 unspecified atom stereocenters. The van der Waals surface area contributed by atoms with Crippen molar-refractivity contribution in [2.45, 2.75) is 46.7 Å². The molecule has 0 aliphatic rings. The standard InChI is InChI=1S/C17H27N3O5S/c1-11(2)16(12(3)4)18-17(21)13(5)19(26(6,24)25)14-8-7-9-15(10-14)20(22)23/h7-13,16H,1-6H3,(H,18,21)/t13-/m1/s1. The Morgan fingerprint density at radius 2 is 1.69 bits per heavy atom. The number of anilines is 1. The molecule has 1 aromatic rings. The molecule has 0 saturated heterocycles. The van der Waals surface area contributed by atoms with Crippen molar-refractivity contribution in [1.82, 2.24) is 5.32 Å². The minimum atomic E-state index is -3.83. The summed E-state index contributed by atoms with van der Waals surface area (Å²) >= 11 is 0. The van der Waals surface area contributed by atoms with Crippen LogP contribution >= 0.6 is 0 Å². The number of amides is 1. The summed E-state index contributed by atoms with van der Waals surface area (Å²) in [6.45, 7) is 9.37. The Labute approximate surface area is 154 Å². The Balaban J connectivity index is 3.24. The fourth-order valence-corrected chi connectivity index (χ4v) is 4.11. The zero-order chi connectivity index (χ0) is 20.2. The largest absolute Gasteiger partial charge is 0.351 e. The van der Waals surface area contributed by atoms with E-state index in [-0.39, 0.29) is 29.3 Å². The van der Waals surface area contributed by atoms with Gasteiger partial charge in [-0.05, 0) is 24.8 Å². The lowest BCUT2D eigenvalue weighted by Crippen LogP contribution is -2.52. The van der Waals surface area contributed by atoms with E-state index in [1.807, 2.05) is 27.7 Å². The molecule has 1 aromatic carbocycles. The second kappa shape index (κ2) is 8.48. The summed E-state index contributed by atoms with van der Waals surface area (Å²) in [6, 6.07) is 4.07. The van der Waals surface area contributed by atoms with Crippen LogP contribution in [0, 0.1) is 22.0 Å². The molecule has 146 valence electrons. The van der Waals surface area contributed by atoms with Crippen LogP contribution in [-0.4, -0.2) is 37.6 Å². The summed E-state index contributed by atoms with van der Waals surface area (Å²) < 4.78 is 25.5. The Morgan fingerprint density at radius 1 is 1.15 bits per heavy atom. The van der Waals surface area contributed by atoms with Crippen LogP contribution in [-0.2, 0) is 14.8 Å². The van der Waals surface area contributed by atoms with Crippen LogP contribution in [0.3, 0.4) is 0 Å². The number of sulfonamides is 1. The minimum absolute atomic E-state index is 0.0787. The van der Waals surface area contributed by atoms with Gasteiger partial charge in [-0.15, -0.1) is 0 Å². The predicted molar refractivity (Wildman–Crippen MR) is 101 cm³/mol. The summed E-state index contributed by atoms with van der Waals surface area (Å²) in [4.78, 5) is 23.1.